The van der Waals surface area contributed by atoms with Crippen LogP contribution in [0.5, 0.6) is 5.75 Å². The van der Waals surface area contributed by atoms with Crippen molar-refractivity contribution in [3.63, 3.8) is 0 Å². The summed E-state index contributed by atoms with van der Waals surface area (Å²) < 4.78 is 37.0. The van der Waals surface area contributed by atoms with E-state index in [9.17, 15) is 32.7 Å². The standard InChI is InChI=1S/C19H16N6O8S.Na/c1-33-17-7-3-11(34(30,31)32)9-14(17)23-22-13-4-6-16(26)18(19(13)27)24-21-10-2-5-15(25(28)29)12(20)8-10;/h2-9,21,23H,20H2,1H3,(H,30,31,32);. The Hall–Kier alpha value is -3.63. The van der Waals surface area contributed by atoms with Crippen molar-refractivity contribution in [3.8, 4) is 5.75 Å². The van der Waals surface area contributed by atoms with Crippen LogP contribution < -0.4 is 42.9 Å². The van der Waals surface area contributed by atoms with Crippen LogP contribution in [0.1, 0.15) is 0 Å². The summed E-state index contributed by atoms with van der Waals surface area (Å²) in [6, 6.07) is 9.21. The summed E-state index contributed by atoms with van der Waals surface area (Å²) in [4.78, 5) is 34.5. The van der Waals surface area contributed by atoms with Gasteiger partial charge in [0, 0.05) is 35.6 Å². The Bertz CT molecular complexity index is 1620. The zero-order chi connectivity index (χ0) is 25.0. The summed E-state index contributed by atoms with van der Waals surface area (Å²) in [6.45, 7) is 0. The van der Waals surface area contributed by atoms with Crippen molar-refractivity contribution in [1.82, 2.24) is 0 Å². The van der Waals surface area contributed by atoms with Gasteiger partial charge in [0.15, 0.2) is 5.36 Å². The molecule has 0 atom stereocenters. The van der Waals surface area contributed by atoms with E-state index in [1.165, 1.54) is 25.3 Å². The number of methoxy groups -OCH3 is 1. The van der Waals surface area contributed by atoms with Crippen LogP contribution in [0.4, 0.5) is 22.7 Å². The molecule has 0 bridgehead atoms. The van der Waals surface area contributed by atoms with Crippen molar-refractivity contribution >= 4 is 62.4 Å². The Balaban J connectivity index is 0.00000432. The van der Waals surface area contributed by atoms with Gasteiger partial charge >= 0.3 is 0 Å². The first-order valence-corrected chi connectivity index (χ1v) is 10.6. The molecule has 177 valence electrons. The number of hydrogen-bond acceptors (Lipinski definition) is 12. The van der Waals surface area contributed by atoms with E-state index in [2.05, 4.69) is 21.1 Å². The molecule has 0 aromatic heterocycles. The molecule has 0 spiro atoms. The van der Waals surface area contributed by atoms with Gasteiger partial charge in [0.2, 0.25) is 10.9 Å². The third-order valence-corrected chi connectivity index (χ3v) is 5.21. The molecular weight excluding hydrogens is 495 g/mol. The number of nitrogens with two attached hydrogens (primary N) is 1. The molecule has 0 heterocycles. The van der Waals surface area contributed by atoms with Gasteiger partial charge in [0.25, 0.3) is 15.8 Å². The Labute approximate surface area is 218 Å². The van der Waals surface area contributed by atoms with Crippen LogP contribution in [0.2, 0.25) is 0 Å². The molecule has 0 aliphatic rings. The van der Waals surface area contributed by atoms with E-state index in [0.29, 0.717) is 0 Å². The summed E-state index contributed by atoms with van der Waals surface area (Å²) in [5.41, 5.74) is 8.64. The van der Waals surface area contributed by atoms with Crippen LogP contribution in [0.3, 0.4) is 0 Å². The van der Waals surface area contributed by atoms with Crippen LogP contribution in [0.15, 0.2) is 73.2 Å². The summed E-state index contributed by atoms with van der Waals surface area (Å²) in [5, 5.41) is 17.7. The molecule has 35 heavy (non-hydrogen) atoms. The van der Waals surface area contributed by atoms with E-state index in [1.54, 1.807) is 0 Å². The predicted octanol–water partition coefficient (Wildman–Crippen LogP) is -0.497. The fourth-order valence-electron chi connectivity index (χ4n) is 2.70. The van der Waals surface area contributed by atoms with E-state index in [0.717, 1.165) is 30.3 Å². The number of benzene rings is 3. The summed E-state index contributed by atoms with van der Waals surface area (Å²) in [7, 11) is -3.20. The number of hydrogen-bond donors (Lipinski definition) is 4. The van der Waals surface area contributed by atoms with E-state index >= 15 is 0 Å². The molecule has 3 rings (SSSR count). The maximum absolute atomic E-state index is 12.7. The topological polar surface area (TPSA) is 216 Å². The Morgan fingerprint density at radius 3 is 2.37 bits per heavy atom. The number of nitrogens with zero attached hydrogens (tertiary/aromatic N) is 3. The maximum atomic E-state index is 12.7. The van der Waals surface area contributed by atoms with Crippen molar-refractivity contribution in [2.75, 3.05) is 23.7 Å². The second-order valence-electron chi connectivity index (χ2n) is 6.58. The van der Waals surface area contributed by atoms with Gasteiger partial charge in [0.1, 0.15) is 16.8 Å². The normalized spacial score (nSPS) is 12.1. The molecule has 0 saturated carbocycles. The maximum Gasteiger partial charge on any atom is 0.294 e. The molecular formula is C19H16N6NaO8S. The first kappa shape index (κ1) is 27.6. The van der Waals surface area contributed by atoms with Gasteiger partial charge in [-0.15, -0.1) is 0 Å². The monoisotopic (exact) mass is 511 g/mol. The first-order chi connectivity index (χ1) is 16.0. The second-order valence-corrected chi connectivity index (χ2v) is 8.00. The fourth-order valence-corrected chi connectivity index (χ4v) is 3.21. The fraction of sp³-hybridized carbons (Fsp3) is 0.0526. The quantitative estimate of drug-likeness (QED) is 0.104. The van der Waals surface area contributed by atoms with Gasteiger partial charge < -0.3 is 10.5 Å². The molecule has 0 aliphatic carbocycles. The molecule has 0 unspecified atom stereocenters. The van der Waals surface area contributed by atoms with Crippen molar-refractivity contribution in [2.24, 2.45) is 10.2 Å². The number of ether oxygens (including phenoxy) is 1. The minimum absolute atomic E-state index is 0. The summed E-state index contributed by atoms with van der Waals surface area (Å²) >= 11 is 0. The predicted molar refractivity (Wildman–Crippen MR) is 126 cm³/mol. The zero-order valence-corrected chi connectivity index (χ0v) is 21.1. The van der Waals surface area contributed by atoms with Crippen molar-refractivity contribution < 1.29 is 22.6 Å². The van der Waals surface area contributed by atoms with Gasteiger partial charge in [-0.1, -0.05) is 0 Å². The van der Waals surface area contributed by atoms with Gasteiger partial charge in [0.05, 0.1) is 28.3 Å². The molecule has 0 aliphatic heterocycles. The average molecular weight is 511 g/mol. The number of nitro groups is 1. The summed E-state index contributed by atoms with van der Waals surface area (Å²) in [6.07, 6.45) is 0. The molecule has 0 amide bonds. The Morgan fingerprint density at radius 2 is 1.77 bits per heavy atom. The smallest absolute Gasteiger partial charge is 0.294 e. The third-order valence-electron chi connectivity index (χ3n) is 4.36. The van der Waals surface area contributed by atoms with E-state index in [-0.39, 0.29) is 63.4 Å². The molecule has 0 saturated heterocycles. The van der Waals surface area contributed by atoms with E-state index < -0.39 is 36.2 Å². The minimum Gasteiger partial charge on any atom is -0.495 e. The van der Waals surface area contributed by atoms with Gasteiger partial charge in [-0.2, -0.15) is 18.6 Å². The van der Waals surface area contributed by atoms with Crippen molar-refractivity contribution in [1.29, 1.82) is 0 Å². The molecule has 14 nitrogen and oxygen atoms in total. The van der Waals surface area contributed by atoms with Crippen LogP contribution in [0.25, 0.3) is 0 Å². The number of nitrogen functional groups attached to an aromatic ring is 1. The van der Waals surface area contributed by atoms with Crippen LogP contribution >= 0.6 is 0 Å². The number of nitrogens with one attached hydrogen (secondary N) is 2. The SMILES string of the molecule is COc1ccc(S(=O)(=O)O)cc1NN=c1ccc(=O)c(=NNc2ccc([N+](=O)[O-])c(N)c2)c1=O.[Na]. The van der Waals surface area contributed by atoms with Crippen LogP contribution in [0, 0.1) is 10.1 Å². The summed E-state index contributed by atoms with van der Waals surface area (Å²) in [5.74, 6) is 0.159. The van der Waals surface area contributed by atoms with Gasteiger partial charge in [-0.3, -0.25) is 35.1 Å². The largest absolute Gasteiger partial charge is 0.495 e. The van der Waals surface area contributed by atoms with Gasteiger partial charge in [-0.05, 0) is 42.5 Å². The van der Waals surface area contributed by atoms with Crippen molar-refractivity contribution in [2.45, 2.75) is 4.90 Å². The minimum atomic E-state index is -4.51. The van der Waals surface area contributed by atoms with Gasteiger partial charge in [-0.25, -0.2) is 0 Å². The first-order valence-electron chi connectivity index (χ1n) is 9.15. The zero-order valence-electron chi connectivity index (χ0n) is 18.3. The Morgan fingerprint density at radius 1 is 1.06 bits per heavy atom. The molecule has 3 aromatic carbocycles. The number of nitro benzene ring substituents is 1. The van der Waals surface area contributed by atoms with Crippen molar-refractivity contribution in [3.05, 3.63) is 89.8 Å². The molecule has 3 aromatic rings. The molecule has 16 heteroatoms. The Kier molecular flexibility index (Phi) is 8.83. The van der Waals surface area contributed by atoms with E-state index in [4.69, 9.17) is 10.5 Å². The molecule has 5 N–H and O–H groups in total. The molecule has 0 fully saturated rings. The van der Waals surface area contributed by atoms with E-state index in [1.807, 2.05) is 0 Å². The number of rotatable bonds is 7. The molecule has 1 radical (unpaired) electrons. The van der Waals surface area contributed by atoms with Crippen LogP contribution in [-0.4, -0.2) is 54.6 Å². The third kappa shape index (κ3) is 6.49. The van der Waals surface area contributed by atoms with Crippen LogP contribution in [-0.2, 0) is 10.1 Å². The second kappa shape index (κ2) is 11.2. The average Bonchev–Trinajstić information content (AvgIpc) is 2.77. The number of anilines is 3.